The van der Waals surface area contributed by atoms with E-state index in [2.05, 4.69) is 15.4 Å². The molecule has 120 valence electrons. The Morgan fingerprint density at radius 1 is 1.30 bits per heavy atom. The molecule has 0 aliphatic carbocycles. The summed E-state index contributed by atoms with van der Waals surface area (Å²) >= 11 is 0. The number of ether oxygens (including phenoxy) is 1. The minimum absolute atomic E-state index is 0.143. The summed E-state index contributed by atoms with van der Waals surface area (Å²) in [6, 6.07) is 8.11. The minimum atomic E-state index is -0.281. The van der Waals surface area contributed by atoms with Gasteiger partial charge in [0, 0.05) is 17.8 Å². The molecule has 1 N–H and O–H groups in total. The summed E-state index contributed by atoms with van der Waals surface area (Å²) < 4.78 is 21.0. The molecule has 0 aliphatic rings. The van der Waals surface area contributed by atoms with E-state index < -0.39 is 0 Å². The lowest BCUT2D eigenvalue weighted by Crippen LogP contribution is -2.11. The molecular weight excluding hydrogens is 295 g/mol. The number of hydrogen-bond donors (Lipinski definition) is 1. The molecule has 6 heteroatoms. The summed E-state index contributed by atoms with van der Waals surface area (Å²) in [4.78, 5) is 4.47. The van der Waals surface area contributed by atoms with Crippen molar-refractivity contribution in [3.05, 3.63) is 54.1 Å². The highest BCUT2D eigenvalue weighted by Gasteiger charge is 2.14. The number of halogens is 1. The van der Waals surface area contributed by atoms with E-state index in [0.717, 1.165) is 17.6 Å². The molecule has 0 saturated heterocycles. The molecule has 2 heterocycles. The quantitative estimate of drug-likeness (QED) is 0.751. The van der Waals surface area contributed by atoms with E-state index in [-0.39, 0.29) is 11.9 Å². The smallest absolute Gasteiger partial charge is 0.157 e. The number of nitrogens with one attached hydrogen (secondary N) is 1. The van der Waals surface area contributed by atoms with Gasteiger partial charge >= 0.3 is 0 Å². The monoisotopic (exact) mass is 314 g/mol. The fourth-order valence-corrected chi connectivity index (χ4v) is 2.39. The first-order chi connectivity index (χ1) is 11.2. The van der Waals surface area contributed by atoms with Gasteiger partial charge in [0.2, 0.25) is 0 Å². The van der Waals surface area contributed by atoms with Crippen molar-refractivity contribution in [3.63, 3.8) is 0 Å². The van der Waals surface area contributed by atoms with Crippen LogP contribution < -0.4 is 10.1 Å². The van der Waals surface area contributed by atoms with Gasteiger partial charge in [-0.3, -0.25) is 0 Å². The number of fused-ring (bicyclic) bond motifs is 1. The van der Waals surface area contributed by atoms with Gasteiger partial charge in [-0.25, -0.2) is 13.9 Å². The lowest BCUT2D eigenvalue weighted by Gasteiger charge is -2.19. The van der Waals surface area contributed by atoms with Gasteiger partial charge in [0.1, 0.15) is 17.4 Å². The van der Waals surface area contributed by atoms with Crippen LogP contribution in [0.1, 0.15) is 31.9 Å². The van der Waals surface area contributed by atoms with Crippen molar-refractivity contribution in [1.29, 1.82) is 0 Å². The molecule has 0 amide bonds. The number of anilines is 1. The number of aromatic nitrogens is 3. The number of rotatable bonds is 6. The zero-order valence-corrected chi connectivity index (χ0v) is 13.2. The summed E-state index contributed by atoms with van der Waals surface area (Å²) in [5.41, 5.74) is 1.53. The van der Waals surface area contributed by atoms with Crippen LogP contribution in [-0.4, -0.2) is 21.2 Å². The molecule has 1 unspecified atom stereocenters. The second-order valence-electron chi connectivity index (χ2n) is 5.34. The molecule has 3 rings (SSSR count). The van der Waals surface area contributed by atoms with Crippen LogP contribution in [0.3, 0.4) is 0 Å². The lowest BCUT2D eigenvalue weighted by atomic mass is 10.1. The molecule has 23 heavy (non-hydrogen) atoms. The Labute approximate surface area is 134 Å². The summed E-state index contributed by atoms with van der Waals surface area (Å²) in [5.74, 6) is 1.12. The molecule has 1 atom stereocenters. The normalized spacial score (nSPS) is 12.3. The molecule has 0 saturated carbocycles. The van der Waals surface area contributed by atoms with Gasteiger partial charge in [-0.05, 0) is 37.6 Å². The number of nitrogens with zero attached hydrogens (tertiary/aromatic N) is 3. The first-order valence-corrected chi connectivity index (χ1v) is 7.66. The third-order valence-corrected chi connectivity index (χ3v) is 3.52. The van der Waals surface area contributed by atoms with Crippen LogP contribution in [0.4, 0.5) is 10.2 Å². The third kappa shape index (κ3) is 3.41. The van der Waals surface area contributed by atoms with Crippen LogP contribution in [0.5, 0.6) is 5.75 Å². The van der Waals surface area contributed by atoms with Gasteiger partial charge in [0.05, 0.1) is 18.8 Å². The maximum atomic E-state index is 13.6. The summed E-state index contributed by atoms with van der Waals surface area (Å²) in [7, 11) is 0. The van der Waals surface area contributed by atoms with Crippen molar-refractivity contribution in [3.8, 4) is 5.75 Å². The Morgan fingerprint density at radius 3 is 3.00 bits per heavy atom. The van der Waals surface area contributed by atoms with E-state index in [1.165, 1.54) is 12.1 Å². The molecule has 0 aliphatic heterocycles. The SMILES string of the molecule is CCCOc1ccc(F)cc1C(C)Nc1ccn2nccc2n1. The van der Waals surface area contributed by atoms with Gasteiger partial charge in [-0.1, -0.05) is 6.92 Å². The summed E-state index contributed by atoms with van der Waals surface area (Å²) in [6.45, 7) is 4.59. The van der Waals surface area contributed by atoms with Crippen molar-refractivity contribution in [1.82, 2.24) is 14.6 Å². The van der Waals surface area contributed by atoms with Gasteiger partial charge in [0.15, 0.2) is 5.65 Å². The predicted molar refractivity (Wildman–Crippen MR) is 87.2 cm³/mol. The van der Waals surface area contributed by atoms with Crippen LogP contribution in [0, 0.1) is 5.82 Å². The van der Waals surface area contributed by atoms with E-state index in [9.17, 15) is 4.39 Å². The standard InChI is InChI=1S/C17H19FN4O/c1-3-10-23-15-5-4-13(18)11-14(15)12(2)20-16-7-9-22-17(21-16)6-8-19-22/h4-9,11-12H,3,10H2,1-2H3,(H,20,21). The van der Waals surface area contributed by atoms with E-state index in [1.807, 2.05) is 32.2 Å². The third-order valence-electron chi connectivity index (χ3n) is 3.52. The maximum Gasteiger partial charge on any atom is 0.157 e. The van der Waals surface area contributed by atoms with Crippen LogP contribution in [0.15, 0.2) is 42.7 Å². The molecule has 0 bridgehead atoms. The highest BCUT2D eigenvalue weighted by atomic mass is 19.1. The van der Waals surface area contributed by atoms with Crippen molar-refractivity contribution >= 4 is 11.5 Å². The minimum Gasteiger partial charge on any atom is -0.493 e. The molecular formula is C17H19FN4O. The van der Waals surface area contributed by atoms with Gasteiger partial charge in [-0.15, -0.1) is 0 Å². The summed E-state index contributed by atoms with van der Waals surface area (Å²) in [6.07, 6.45) is 4.42. The van der Waals surface area contributed by atoms with Crippen LogP contribution >= 0.6 is 0 Å². The van der Waals surface area contributed by atoms with E-state index in [0.29, 0.717) is 18.2 Å². The Bertz CT molecular complexity index is 802. The highest BCUT2D eigenvalue weighted by molar-refractivity contribution is 5.48. The zero-order valence-electron chi connectivity index (χ0n) is 13.2. The molecule has 0 fully saturated rings. The maximum absolute atomic E-state index is 13.6. The topological polar surface area (TPSA) is 51.5 Å². The fraction of sp³-hybridized carbons (Fsp3) is 0.294. The Balaban J connectivity index is 1.83. The molecule has 1 aromatic carbocycles. The van der Waals surface area contributed by atoms with Crippen molar-refractivity contribution in [2.75, 3.05) is 11.9 Å². The zero-order chi connectivity index (χ0) is 16.2. The molecule has 0 radical (unpaired) electrons. The van der Waals surface area contributed by atoms with Gasteiger partial charge < -0.3 is 10.1 Å². The predicted octanol–water partition coefficient (Wildman–Crippen LogP) is 3.83. The lowest BCUT2D eigenvalue weighted by molar-refractivity contribution is 0.312. The second-order valence-corrected chi connectivity index (χ2v) is 5.34. The Kier molecular flexibility index (Phi) is 4.41. The average Bonchev–Trinajstić information content (AvgIpc) is 3.01. The summed E-state index contributed by atoms with van der Waals surface area (Å²) in [5, 5.41) is 7.40. The molecule has 3 aromatic rings. The van der Waals surface area contributed by atoms with Crippen molar-refractivity contribution in [2.45, 2.75) is 26.3 Å². The Morgan fingerprint density at radius 2 is 2.17 bits per heavy atom. The van der Waals surface area contributed by atoms with E-state index in [4.69, 9.17) is 4.74 Å². The van der Waals surface area contributed by atoms with Crippen LogP contribution in [-0.2, 0) is 0 Å². The van der Waals surface area contributed by atoms with Crippen molar-refractivity contribution in [2.24, 2.45) is 0 Å². The Hall–Kier alpha value is -2.63. The molecule has 2 aromatic heterocycles. The van der Waals surface area contributed by atoms with E-state index in [1.54, 1.807) is 16.8 Å². The molecule has 5 nitrogen and oxygen atoms in total. The van der Waals surface area contributed by atoms with Crippen LogP contribution in [0.25, 0.3) is 5.65 Å². The average molecular weight is 314 g/mol. The van der Waals surface area contributed by atoms with Crippen LogP contribution in [0.2, 0.25) is 0 Å². The van der Waals surface area contributed by atoms with Crippen molar-refractivity contribution < 1.29 is 9.13 Å². The fourth-order valence-electron chi connectivity index (χ4n) is 2.39. The molecule has 0 spiro atoms. The first-order valence-electron chi connectivity index (χ1n) is 7.66. The highest BCUT2D eigenvalue weighted by Crippen LogP contribution is 2.28. The van der Waals surface area contributed by atoms with Gasteiger partial charge in [0.25, 0.3) is 0 Å². The first kappa shape index (κ1) is 15.3. The second kappa shape index (κ2) is 6.64. The van der Waals surface area contributed by atoms with Gasteiger partial charge in [-0.2, -0.15) is 5.10 Å². The number of hydrogen-bond acceptors (Lipinski definition) is 4. The largest absolute Gasteiger partial charge is 0.493 e. The van der Waals surface area contributed by atoms with E-state index >= 15 is 0 Å². The number of benzene rings is 1.